The average molecular weight is 491 g/mol. The molecule has 0 unspecified atom stereocenters. The van der Waals surface area contributed by atoms with Crippen molar-refractivity contribution in [2.45, 2.75) is 76.3 Å². The number of imidazole rings is 2. The smallest absolute Gasteiger partial charge is 0.124 e. The maximum absolute atomic E-state index is 4.58. The molecule has 3 aromatic rings. The third-order valence-electron chi connectivity index (χ3n) is 8.83. The van der Waals surface area contributed by atoms with Gasteiger partial charge in [0.2, 0.25) is 0 Å². The Hall–Kier alpha value is -3.32. The Morgan fingerprint density at radius 3 is 1.65 bits per heavy atom. The molecule has 2 saturated heterocycles. The lowest BCUT2D eigenvalue weighted by Gasteiger charge is -2.21. The van der Waals surface area contributed by atoms with Crippen LogP contribution < -0.4 is 10.6 Å². The van der Waals surface area contributed by atoms with Crippen molar-refractivity contribution in [2.75, 3.05) is 13.1 Å². The molecule has 2 atom stereocenters. The second-order valence-electron chi connectivity index (χ2n) is 11.3. The Balaban J connectivity index is 1.18. The minimum absolute atomic E-state index is 0.334. The molecule has 0 radical (unpaired) electrons. The monoisotopic (exact) mass is 490 g/mol. The highest BCUT2D eigenvalue weighted by Gasteiger charge is 2.41. The largest absolute Gasteiger partial charge is 0.334 e. The molecule has 3 fully saturated rings. The Morgan fingerprint density at radius 2 is 1.19 bits per heavy atom. The topological polar surface area (TPSA) is 81.4 Å². The lowest BCUT2D eigenvalue weighted by Crippen LogP contribution is -2.15. The zero-order valence-electron chi connectivity index (χ0n) is 21.3. The Morgan fingerprint density at radius 1 is 0.676 bits per heavy atom. The first kappa shape index (κ1) is 22.8. The van der Waals surface area contributed by atoms with E-state index in [1.165, 1.54) is 49.7 Å². The van der Waals surface area contributed by atoms with Gasteiger partial charge in [0, 0.05) is 11.1 Å². The number of hydrogen-bond donors (Lipinski definition) is 4. The molecule has 4 heterocycles. The van der Waals surface area contributed by atoms with Gasteiger partial charge in [-0.15, -0.1) is 0 Å². The summed E-state index contributed by atoms with van der Waals surface area (Å²) in [6, 6.07) is 5.03. The first-order chi connectivity index (χ1) is 18.2. The van der Waals surface area contributed by atoms with Crippen LogP contribution in [0.4, 0.5) is 0 Å². The van der Waals surface area contributed by atoms with Crippen LogP contribution >= 0.6 is 0 Å². The van der Waals surface area contributed by atoms with Crippen LogP contribution in [0.3, 0.4) is 0 Å². The molecule has 0 amide bonds. The van der Waals surface area contributed by atoms with Gasteiger partial charge in [0.05, 0.1) is 24.5 Å². The summed E-state index contributed by atoms with van der Waals surface area (Å²) in [5.74, 6) is 15.7. The molecule has 7 rings (SSSR count). The number of benzene rings is 1. The number of aromatic nitrogens is 4. The molecular formula is C31H34N6. The van der Waals surface area contributed by atoms with Gasteiger partial charge in [0.15, 0.2) is 0 Å². The number of hydrogen-bond acceptors (Lipinski definition) is 4. The molecular weight excluding hydrogens is 456 g/mol. The van der Waals surface area contributed by atoms with Gasteiger partial charge in [-0.05, 0) is 105 Å². The van der Waals surface area contributed by atoms with E-state index in [2.05, 4.69) is 66.4 Å². The van der Waals surface area contributed by atoms with Gasteiger partial charge >= 0.3 is 0 Å². The first-order valence-electron chi connectivity index (χ1n) is 14.0. The van der Waals surface area contributed by atoms with Crippen molar-refractivity contribution in [3.05, 3.63) is 69.8 Å². The van der Waals surface area contributed by atoms with Crippen molar-refractivity contribution < 1.29 is 0 Å². The number of fused-ring (bicyclic) bond motifs is 1. The molecule has 1 aromatic carbocycles. The van der Waals surface area contributed by atoms with E-state index in [1.807, 2.05) is 12.4 Å². The van der Waals surface area contributed by atoms with E-state index in [9.17, 15) is 0 Å². The maximum Gasteiger partial charge on any atom is 0.124 e. The van der Waals surface area contributed by atoms with Gasteiger partial charge in [-0.1, -0.05) is 24.7 Å². The van der Waals surface area contributed by atoms with E-state index in [-0.39, 0.29) is 0 Å². The lowest BCUT2D eigenvalue weighted by molar-refractivity contribution is 0.317. The Labute approximate surface area is 218 Å². The zero-order chi connectivity index (χ0) is 24.7. The van der Waals surface area contributed by atoms with Gasteiger partial charge in [0.1, 0.15) is 23.0 Å². The van der Waals surface area contributed by atoms with Gasteiger partial charge in [-0.2, -0.15) is 0 Å². The molecule has 188 valence electrons. The van der Waals surface area contributed by atoms with Crippen LogP contribution in [-0.2, 0) is 12.8 Å². The van der Waals surface area contributed by atoms with E-state index in [0.29, 0.717) is 17.5 Å². The fraction of sp³-hybridized carbons (Fsp3) is 0.484. The maximum atomic E-state index is 4.58. The SMILES string of the molecule is C(#Cc1ccc(C#Cc2cnc([C@@H]3CCCN3)[nH]2)c2c1CC1(CCCC1)C2)c1cnc([C@@H]2CCCN2)[nH]1. The van der Waals surface area contributed by atoms with Crippen molar-refractivity contribution >= 4 is 0 Å². The molecule has 6 nitrogen and oxygen atoms in total. The molecule has 4 aliphatic rings. The molecule has 1 saturated carbocycles. The molecule has 4 N–H and O–H groups in total. The molecule has 37 heavy (non-hydrogen) atoms. The van der Waals surface area contributed by atoms with Gasteiger partial charge in [0.25, 0.3) is 0 Å². The van der Waals surface area contributed by atoms with Crippen molar-refractivity contribution in [1.29, 1.82) is 0 Å². The summed E-state index contributed by atoms with van der Waals surface area (Å²) in [6.07, 6.45) is 16.0. The van der Waals surface area contributed by atoms with Crippen LogP contribution in [0, 0.1) is 29.1 Å². The summed E-state index contributed by atoms with van der Waals surface area (Å²) < 4.78 is 0. The normalized spacial score (nSPS) is 23.6. The minimum Gasteiger partial charge on any atom is -0.334 e. The quantitative estimate of drug-likeness (QED) is 0.401. The second kappa shape index (κ2) is 9.53. The van der Waals surface area contributed by atoms with Gasteiger partial charge < -0.3 is 20.6 Å². The minimum atomic E-state index is 0.334. The third kappa shape index (κ3) is 4.50. The number of aromatic amines is 2. The highest BCUT2D eigenvalue weighted by Crippen LogP contribution is 2.50. The first-order valence-corrected chi connectivity index (χ1v) is 14.0. The third-order valence-corrected chi connectivity index (χ3v) is 8.83. The van der Waals surface area contributed by atoms with Gasteiger partial charge in [-0.3, -0.25) is 0 Å². The summed E-state index contributed by atoms with van der Waals surface area (Å²) in [5, 5.41) is 7.01. The highest BCUT2D eigenvalue weighted by molar-refractivity contribution is 5.58. The molecule has 6 heteroatoms. The number of rotatable bonds is 2. The Bertz CT molecular complexity index is 1320. The predicted molar refractivity (Wildman–Crippen MR) is 144 cm³/mol. The number of nitrogens with one attached hydrogen (secondary N) is 4. The van der Waals surface area contributed by atoms with Crippen LogP contribution in [-0.4, -0.2) is 33.0 Å². The lowest BCUT2D eigenvalue weighted by atomic mass is 9.83. The summed E-state index contributed by atoms with van der Waals surface area (Å²) >= 11 is 0. The van der Waals surface area contributed by atoms with E-state index in [0.717, 1.165) is 72.9 Å². The van der Waals surface area contributed by atoms with Crippen LogP contribution in [0.5, 0.6) is 0 Å². The molecule has 2 aliphatic heterocycles. The number of nitrogens with zero attached hydrogens (tertiary/aromatic N) is 2. The van der Waals surface area contributed by atoms with Crippen LogP contribution in [0.2, 0.25) is 0 Å². The zero-order valence-corrected chi connectivity index (χ0v) is 21.3. The predicted octanol–water partition coefficient (Wildman–Crippen LogP) is 4.44. The van der Waals surface area contributed by atoms with Crippen molar-refractivity contribution in [3.63, 3.8) is 0 Å². The van der Waals surface area contributed by atoms with Crippen LogP contribution in [0.25, 0.3) is 0 Å². The van der Waals surface area contributed by atoms with Crippen molar-refractivity contribution in [3.8, 4) is 23.7 Å². The molecule has 2 aromatic heterocycles. The fourth-order valence-electron chi connectivity index (χ4n) is 6.88. The average Bonchev–Trinajstić information content (AvgIpc) is 3.76. The van der Waals surface area contributed by atoms with E-state index in [4.69, 9.17) is 0 Å². The van der Waals surface area contributed by atoms with Crippen molar-refractivity contribution in [1.82, 2.24) is 30.6 Å². The standard InChI is InChI=1S/C31H34N6/c1-2-14-31(13-1)17-25-21(9-11-23-19-34-29(36-23)27-5-3-15-32-27)7-8-22(26(25)18-31)10-12-24-20-35-30(37-24)28-6-4-16-33-28/h7-8,19-20,27-28,32-33H,1-6,13-18H2,(H,34,36)(H,35,37)/t27-,28-/m0/s1. The van der Waals surface area contributed by atoms with E-state index >= 15 is 0 Å². The van der Waals surface area contributed by atoms with E-state index in [1.54, 1.807) is 0 Å². The van der Waals surface area contributed by atoms with Crippen LogP contribution in [0.1, 0.15) is 109 Å². The van der Waals surface area contributed by atoms with E-state index < -0.39 is 0 Å². The van der Waals surface area contributed by atoms with Crippen molar-refractivity contribution in [2.24, 2.45) is 5.41 Å². The molecule has 2 aliphatic carbocycles. The highest BCUT2D eigenvalue weighted by atomic mass is 15.0. The van der Waals surface area contributed by atoms with Crippen LogP contribution in [0.15, 0.2) is 24.5 Å². The molecule has 1 spiro atoms. The Kier molecular flexibility index (Phi) is 5.88. The molecule has 0 bridgehead atoms. The van der Waals surface area contributed by atoms with Gasteiger partial charge in [-0.25, -0.2) is 9.97 Å². The summed E-state index contributed by atoms with van der Waals surface area (Å²) in [4.78, 5) is 16.0. The fourth-order valence-corrected chi connectivity index (χ4v) is 6.88. The summed E-state index contributed by atoms with van der Waals surface area (Å²) in [6.45, 7) is 2.13. The number of H-pyrrole nitrogens is 2. The summed E-state index contributed by atoms with van der Waals surface area (Å²) in [7, 11) is 0. The second-order valence-corrected chi connectivity index (χ2v) is 11.3. The summed E-state index contributed by atoms with van der Waals surface area (Å²) in [5.41, 5.74) is 7.31.